The number of sulfonamides is 1. The Bertz CT molecular complexity index is 909. The van der Waals surface area contributed by atoms with E-state index in [0.717, 1.165) is 27.7 Å². The maximum Gasteiger partial charge on any atom is 0.337 e. The van der Waals surface area contributed by atoms with Gasteiger partial charge in [-0.15, -0.1) is 0 Å². The third-order valence-electron chi connectivity index (χ3n) is 3.67. The lowest BCUT2D eigenvalue weighted by atomic mass is 10.2. The van der Waals surface area contributed by atoms with E-state index in [4.69, 9.17) is 28.3 Å². The minimum atomic E-state index is -4.01. The zero-order chi connectivity index (χ0) is 18.2. The summed E-state index contributed by atoms with van der Waals surface area (Å²) in [5.41, 5.74) is 1.23. The smallest absolute Gasteiger partial charge is 0.337 e. The third-order valence-corrected chi connectivity index (χ3v) is 6.25. The highest BCUT2D eigenvalue weighted by Crippen LogP contribution is 2.31. The topological polar surface area (TPSA) is 92.5 Å². The number of aromatic nitrogens is 2. The monoisotopic (exact) mass is 391 g/mol. The van der Waals surface area contributed by atoms with Crippen LogP contribution in [-0.2, 0) is 23.6 Å². The molecule has 1 aromatic heterocycles. The summed E-state index contributed by atoms with van der Waals surface area (Å²) < 4.78 is 28.2. The van der Waals surface area contributed by atoms with Gasteiger partial charge in [0.1, 0.15) is 4.90 Å². The Labute approximate surface area is 149 Å². The van der Waals surface area contributed by atoms with Crippen LogP contribution >= 0.6 is 23.2 Å². The predicted octanol–water partition coefficient (Wildman–Crippen LogP) is 2.55. The maximum absolute atomic E-state index is 12.7. The average Bonchev–Trinajstić information content (AvgIpc) is 2.78. The lowest BCUT2D eigenvalue weighted by Gasteiger charge is -2.18. The number of hydrogen-bond donors (Lipinski definition) is 1. The largest absolute Gasteiger partial charge is 0.478 e. The molecule has 1 aromatic carbocycles. The van der Waals surface area contributed by atoms with Gasteiger partial charge in [0.15, 0.2) is 0 Å². The van der Waals surface area contributed by atoms with E-state index in [-0.39, 0.29) is 27.0 Å². The molecule has 0 fully saturated rings. The molecule has 2 aromatic rings. The zero-order valence-electron chi connectivity index (χ0n) is 13.1. The second-order valence-corrected chi connectivity index (χ2v) is 8.04. The molecule has 0 saturated carbocycles. The first-order valence-electron chi connectivity index (χ1n) is 6.72. The Hall–Kier alpha value is -1.61. The first-order valence-corrected chi connectivity index (χ1v) is 8.91. The van der Waals surface area contributed by atoms with E-state index in [1.807, 2.05) is 6.92 Å². The Morgan fingerprint density at radius 3 is 2.46 bits per heavy atom. The van der Waals surface area contributed by atoms with E-state index >= 15 is 0 Å². The zero-order valence-corrected chi connectivity index (χ0v) is 15.4. The number of halogens is 2. The minimum absolute atomic E-state index is 0.0728. The molecule has 1 heterocycles. The normalized spacial score (nSPS) is 11.9. The number of benzene rings is 1. The molecule has 10 heteroatoms. The highest BCUT2D eigenvalue weighted by molar-refractivity contribution is 7.89. The fourth-order valence-electron chi connectivity index (χ4n) is 2.08. The molecule has 2 rings (SSSR count). The lowest BCUT2D eigenvalue weighted by molar-refractivity contribution is 0.0697. The summed E-state index contributed by atoms with van der Waals surface area (Å²) in [6, 6.07) is 2.08. The number of hydrogen-bond acceptors (Lipinski definition) is 4. The second-order valence-electron chi connectivity index (χ2n) is 5.21. The van der Waals surface area contributed by atoms with Gasteiger partial charge in [0.25, 0.3) is 0 Å². The standard InChI is InChI=1S/C14H15Cl2N3O4S/c1-8-9(6-17-19(8)3)7-18(2)24(22,23)13-4-10(14(20)21)11(15)5-12(13)16/h4-6H,7H2,1-3H3,(H,20,21). The van der Waals surface area contributed by atoms with Crippen LogP contribution in [0.15, 0.2) is 23.2 Å². The van der Waals surface area contributed by atoms with Crippen molar-refractivity contribution < 1.29 is 18.3 Å². The fourth-order valence-corrected chi connectivity index (χ4v) is 4.06. The Morgan fingerprint density at radius 1 is 1.33 bits per heavy atom. The van der Waals surface area contributed by atoms with Crippen LogP contribution in [-0.4, -0.2) is 40.6 Å². The van der Waals surface area contributed by atoms with Crippen LogP contribution in [0.2, 0.25) is 10.0 Å². The van der Waals surface area contributed by atoms with Crippen molar-refractivity contribution in [2.24, 2.45) is 7.05 Å². The minimum Gasteiger partial charge on any atom is -0.478 e. The van der Waals surface area contributed by atoms with Crippen LogP contribution in [0.25, 0.3) is 0 Å². The number of nitrogens with zero attached hydrogens (tertiary/aromatic N) is 3. The van der Waals surface area contributed by atoms with Gasteiger partial charge in [-0.1, -0.05) is 23.2 Å². The number of carboxylic acids is 1. The molecular formula is C14H15Cl2N3O4S. The number of aromatic carboxylic acids is 1. The van der Waals surface area contributed by atoms with Gasteiger partial charge in [0.2, 0.25) is 10.0 Å². The number of carbonyl (C=O) groups is 1. The van der Waals surface area contributed by atoms with Gasteiger partial charge in [-0.3, -0.25) is 4.68 Å². The molecule has 0 amide bonds. The van der Waals surface area contributed by atoms with E-state index in [0.29, 0.717) is 0 Å². The number of rotatable bonds is 5. The summed E-state index contributed by atoms with van der Waals surface area (Å²) in [6.45, 7) is 1.89. The Balaban J connectivity index is 2.44. The first kappa shape index (κ1) is 18.7. The van der Waals surface area contributed by atoms with Crippen LogP contribution in [0.4, 0.5) is 0 Å². The molecule has 130 valence electrons. The van der Waals surface area contributed by atoms with Crippen molar-refractivity contribution in [1.82, 2.24) is 14.1 Å². The maximum atomic E-state index is 12.7. The van der Waals surface area contributed by atoms with Gasteiger partial charge in [-0.25, -0.2) is 13.2 Å². The van der Waals surface area contributed by atoms with E-state index in [9.17, 15) is 13.2 Å². The number of carboxylic acid groups (broad SMARTS) is 1. The van der Waals surface area contributed by atoms with Gasteiger partial charge >= 0.3 is 5.97 Å². The van der Waals surface area contributed by atoms with Crippen LogP contribution < -0.4 is 0 Å². The molecule has 0 radical (unpaired) electrons. The second kappa shape index (κ2) is 6.72. The van der Waals surface area contributed by atoms with Crippen LogP contribution in [0, 0.1) is 6.92 Å². The van der Waals surface area contributed by atoms with Gasteiger partial charge in [0.05, 0.1) is 21.8 Å². The van der Waals surface area contributed by atoms with E-state index in [2.05, 4.69) is 5.10 Å². The third kappa shape index (κ3) is 3.41. The van der Waals surface area contributed by atoms with Crippen molar-refractivity contribution in [3.05, 3.63) is 45.2 Å². The van der Waals surface area contributed by atoms with Gasteiger partial charge in [-0.2, -0.15) is 9.40 Å². The average molecular weight is 392 g/mol. The van der Waals surface area contributed by atoms with Crippen molar-refractivity contribution in [3.8, 4) is 0 Å². The van der Waals surface area contributed by atoms with E-state index in [1.165, 1.54) is 7.05 Å². The van der Waals surface area contributed by atoms with E-state index < -0.39 is 16.0 Å². The molecule has 0 unspecified atom stereocenters. The molecule has 1 N–H and O–H groups in total. The predicted molar refractivity (Wildman–Crippen MR) is 90.0 cm³/mol. The van der Waals surface area contributed by atoms with Crippen molar-refractivity contribution in [2.45, 2.75) is 18.4 Å². The SMILES string of the molecule is Cc1c(CN(C)S(=O)(=O)c2cc(C(=O)O)c(Cl)cc2Cl)cnn1C. The van der Waals surface area contributed by atoms with Crippen LogP contribution in [0.5, 0.6) is 0 Å². The van der Waals surface area contributed by atoms with Crippen molar-refractivity contribution in [2.75, 3.05) is 7.05 Å². The lowest BCUT2D eigenvalue weighted by Crippen LogP contribution is -2.27. The molecule has 0 aliphatic heterocycles. The van der Waals surface area contributed by atoms with Crippen LogP contribution in [0.3, 0.4) is 0 Å². The molecule has 0 saturated heterocycles. The Morgan fingerprint density at radius 2 is 1.96 bits per heavy atom. The van der Waals surface area contributed by atoms with Gasteiger partial charge in [-0.05, 0) is 19.1 Å². The molecule has 0 bridgehead atoms. The van der Waals surface area contributed by atoms with Crippen molar-refractivity contribution in [1.29, 1.82) is 0 Å². The highest BCUT2D eigenvalue weighted by atomic mass is 35.5. The molecule has 7 nitrogen and oxygen atoms in total. The summed E-state index contributed by atoms with van der Waals surface area (Å²) in [5, 5.41) is 12.9. The quantitative estimate of drug-likeness (QED) is 0.844. The summed E-state index contributed by atoms with van der Waals surface area (Å²) >= 11 is 11.8. The van der Waals surface area contributed by atoms with Crippen molar-refractivity contribution >= 4 is 39.2 Å². The Kier molecular flexibility index (Phi) is 5.24. The molecule has 24 heavy (non-hydrogen) atoms. The first-order chi connectivity index (χ1) is 11.1. The molecule has 0 aliphatic carbocycles. The molecule has 0 spiro atoms. The van der Waals surface area contributed by atoms with Gasteiger partial charge < -0.3 is 5.11 Å². The highest BCUT2D eigenvalue weighted by Gasteiger charge is 2.27. The summed E-state index contributed by atoms with van der Waals surface area (Å²) in [6.07, 6.45) is 1.58. The summed E-state index contributed by atoms with van der Waals surface area (Å²) in [5.74, 6) is -1.33. The van der Waals surface area contributed by atoms with Gasteiger partial charge in [0, 0.05) is 31.9 Å². The molecule has 0 atom stereocenters. The molecule has 0 aliphatic rings. The van der Waals surface area contributed by atoms with E-state index in [1.54, 1.807) is 17.9 Å². The fraction of sp³-hybridized carbons (Fsp3) is 0.286. The van der Waals surface area contributed by atoms with Crippen molar-refractivity contribution in [3.63, 3.8) is 0 Å². The molecular weight excluding hydrogens is 377 g/mol. The van der Waals surface area contributed by atoms with Crippen LogP contribution in [0.1, 0.15) is 21.6 Å². The summed E-state index contributed by atoms with van der Waals surface area (Å²) in [4.78, 5) is 10.9. The summed E-state index contributed by atoms with van der Waals surface area (Å²) in [7, 11) is -0.871. The number of aryl methyl sites for hydroxylation is 1.